The van der Waals surface area contributed by atoms with Gasteiger partial charge in [0, 0.05) is 27.1 Å². The third kappa shape index (κ3) is 6.70. The van der Waals surface area contributed by atoms with E-state index >= 15 is 0 Å². The Labute approximate surface area is 241 Å². The molecule has 0 aliphatic heterocycles. The fourth-order valence-corrected chi connectivity index (χ4v) is 5.94. The molecule has 5 rings (SSSR count). The second-order valence-electron chi connectivity index (χ2n) is 9.04. The van der Waals surface area contributed by atoms with Crippen LogP contribution in [0.4, 0.5) is 10.8 Å². The second kappa shape index (κ2) is 12.8. The van der Waals surface area contributed by atoms with Gasteiger partial charge in [-0.1, -0.05) is 43.3 Å². The first-order valence-corrected chi connectivity index (χ1v) is 14.8. The molecule has 0 aliphatic carbocycles. The highest BCUT2D eigenvalue weighted by Gasteiger charge is 2.20. The molecular formula is C32H29N3O3S2. The number of benzene rings is 4. The van der Waals surface area contributed by atoms with Crippen molar-refractivity contribution in [2.24, 2.45) is 0 Å². The van der Waals surface area contributed by atoms with Gasteiger partial charge < -0.3 is 15.4 Å². The Balaban J connectivity index is 1.21. The van der Waals surface area contributed by atoms with E-state index in [-0.39, 0.29) is 17.1 Å². The molecule has 2 amide bonds. The van der Waals surface area contributed by atoms with Gasteiger partial charge in [-0.05, 0) is 78.7 Å². The molecule has 0 saturated heterocycles. The lowest BCUT2D eigenvalue weighted by Crippen LogP contribution is -2.24. The van der Waals surface area contributed by atoms with Crippen molar-refractivity contribution in [1.29, 1.82) is 0 Å². The first-order valence-electron chi connectivity index (χ1n) is 13.1. The highest BCUT2D eigenvalue weighted by atomic mass is 32.2. The molecule has 40 heavy (non-hydrogen) atoms. The first-order chi connectivity index (χ1) is 19.5. The molecule has 0 fully saturated rings. The summed E-state index contributed by atoms with van der Waals surface area (Å²) in [6, 6.07) is 28.9. The number of thiazole rings is 1. The van der Waals surface area contributed by atoms with E-state index in [0.717, 1.165) is 32.7 Å². The highest BCUT2D eigenvalue weighted by Crippen LogP contribution is 2.31. The van der Waals surface area contributed by atoms with Gasteiger partial charge in [0.05, 0.1) is 17.6 Å². The Hall–Kier alpha value is -4.14. The maximum absolute atomic E-state index is 13.1. The molecule has 0 radical (unpaired) electrons. The van der Waals surface area contributed by atoms with E-state index in [9.17, 15) is 9.59 Å². The summed E-state index contributed by atoms with van der Waals surface area (Å²) in [6.07, 6.45) is 0.640. The van der Waals surface area contributed by atoms with Gasteiger partial charge in [0.25, 0.3) is 5.91 Å². The number of nitrogens with zero attached hydrogens (tertiary/aromatic N) is 1. The van der Waals surface area contributed by atoms with Crippen LogP contribution >= 0.6 is 23.1 Å². The van der Waals surface area contributed by atoms with E-state index in [1.807, 2.05) is 110 Å². The summed E-state index contributed by atoms with van der Waals surface area (Å²) >= 11 is 2.86. The van der Waals surface area contributed by atoms with Crippen molar-refractivity contribution in [3.05, 3.63) is 102 Å². The number of hydrogen-bond donors (Lipinski definition) is 2. The zero-order chi connectivity index (χ0) is 27.9. The maximum atomic E-state index is 13.1. The van der Waals surface area contributed by atoms with Crippen molar-refractivity contribution in [2.45, 2.75) is 30.4 Å². The number of fused-ring (bicyclic) bond motifs is 1. The average Bonchev–Trinajstić information content (AvgIpc) is 3.44. The van der Waals surface area contributed by atoms with E-state index < -0.39 is 0 Å². The summed E-state index contributed by atoms with van der Waals surface area (Å²) in [7, 11) is 0. The number of anilines is 2. The minimum Gasteiger partial charge on any atom is -0.494 e. The lowest BCUT2D eigenvalue weighted by Gasteiger charge is -2.14. The molecule has 1 unspecified atom stereocenters. The predicted octanol–water partition coefficient (Wildman–Crippen LogP) is 8.12. The number of carbonyl (C=O) groups is 2. The minimum absolute atomic E-state index is 0.106. The van der Waals surface area contributed by atoms with Crippen LogP contribution in [0.2, 0.25) is 0 Å². The monoisotopic (exact) mass is 567 g/mol. The van der Waals surface area contributed by atoms with Crippen LogP contribution in [0.3, 0.4) is 0 Å². The third-order valence-electron chi connectivity index (χ3n) is 6.24. The molecule has 1 heterocycles. The fourth-order valence-electron chi connectivity index (χ4n) is 4.21. The second-order valence-corrected chi connectivity index (χ2v) is 11.2. The van der Waals surface area contributed by atoms with Crippen LogP contribution in [0.25, 0.3) is 22.0 Å². The predicted molar refractivity (Wildman–Crippen MR) is 166 cm³/mol. The topological polar surface area (TPSA) is 80.3 Å². The molecule has 202 valence electrons. The summed E-state index contributed by atoms with van der Waals surface area (Å²) in [5.74, 6) is 0.533. The van der Waals surface area contributed by atoms with Crippen molar-refractivity contribution in [3.63, 3.8) is 0 Å². The Bertz CT molecular complexity index is 1630. The smallest absolute Gasteiger partial charge is 0.255 e. The van der Waals surface area contributed by atoms with Gasteiger partial charge in [-0.15, -0.1) is 23.1 Å². The minimum atomic E-state index is -0.315. The maximum Gasteiger partial charge on any atom is 0.255 e. The van der Waals surface area contributed by atoms with E-state index in [1.54, 1.807) is 0 Å². The summed E-state index contributed by atoms with van der Waals surface area (Å²) < 4.78 is 5.50. The molecule has 1 atom stereocenters. The Morgan fingerprint density at radius 3 is 2.48 bits per heavy atom. The molecule has 0 aliphatic rings. The molecule has 1 aromatic heterocycles. The van der Waals surface area contributed by atoms with Crippen molar-refractivity contribution >= 4 is 56.5 Å². The largest absolute Gasteiger partial charge is 0.494 e. The van der Waals surface area contributed by atoms with Crippen LogP contribution in [0.15, 0.2) is 101 Å². The van der Waals surface area contributed by atoms with E-state index in [2.05, 4.69) is 15.6 Å². The zero-order valence-electron chi connectivity index (χ0n) is 22.2. The van der Waals surface area contributed by atoms with Gasteiger partial charge >= 0.3 is 0 Å². The van der Waals surface area contributed by atoms with Gasteiger partial charge in [0.1, 0.15) is 5.75 Å². The van der Waals surface area contributed by atoms with E-state index in [4.69, 9.17) is 4.74 Å². The molecule has 8 heteroatoms. The number of amides is 2. The standard InChI is InChI=1S/C32H29N3O3S2/c1-3-29(31(37)35-32-34-28(20-39-32)22-14-16-26(17-15-22)38-4-2)40-27-11-7-10-25(19-27)33-30(36)24-13-12-21-8-5-6-9-23(21)18-24/h5-20,29H,3-4H2,1-2H3,(H,33,36)(H,34,35,37). The van der Waals surface area contributed by atoms with Gasteiger partial charge in [0.2, 0.25) is 5.91 Å². The van der Waals surface area contributed by atoms with Crippen LogP contribution < -0.4 is 15.4 Å². The molecule has 0 saturated carbocycles. The van der Waals surface area contributed by atoms with Crippen molar-refractivity contribution in [1.82, 2.24) is 4.98 Å². The summed E-state index contributed by atoms with van der Waals surface area (Å²) in [4.78, 5) is 31.5. The number of ether oxygens (including phenoxy) is 1. The summed E-state index contributed by atoms with van der Waals surface area (Å²) in [5, 5.41) is 10.2. The SMILES string of the molecule is CCOc1ccc(-c2csc(NC(=O)C(CC)Sc3cccc(NC(=O)c4ccc5ccccc5c4)c3)n2)cc1. The van der Waals surface area contributed by atoms with Crippen LogP contribution in [0.1, 0.15) is 30.6 Å². The first kappa shape index (κ1) is 27.4. The number of nitrogens with one attached hydrogen (secondary N) is 2. The summed E-state index contributed by atoms with van der Waals surface area (Å²) in [5.41, 5.74) is 3.04. The molecule has 0 bridgehead atoms. The van der Waals surface area contributed by atoms with Crippen LogP contribution in [0.5, 0.6) is 5.75 Å². The molecular weight excluding hydrogens is 539 g/mol. The Morgan fingerprint density at radius 1 is 0.900 bits per heavy atom. The Kier molecular flexibility index (Phi) is 8.78. The lowest BCUT2D eigenvalue weighted by atomic mass is 10.1. The lowest BCUT2D eigenvalue weighted by molar-refractivity contribution is -0.115. The van der Waals surface area contributed by atoms with Gasteiger partial charge in [-0.25, -0.2) is 4.98 Å². The van der Waals surface area contributed by atoms with E-state index in [0.29, 0.717) is 29.4 Å². The highest BCUT2D eigenvalue weighted by molar-refractivity contribution is 8.00. The van der Waals surface area contributed by atoms with Crippen LogP contribution in [0, 0.1) is 0 Å². The molecule has 6 nitrogen and oxygen atoms in total. The number of thioether (sulfide) groups is 1. The molecule has 5 aromatic rings. The van der Waals surface area contributed by atoms with Crippen molar-refractivity contribution < 1.29 is 14.3 Å². The number of carbonyl (C=O) groups excluding carboxylic acids is 2. The average molecular weight is 568 g/mol. The zero-order valence-corrected chi connectivity index (χ0v) is 23.9. The van der Waals surface area contributed by atoms with Crippen molar-refractivity contribution in [3.8, 4) is 17.0 Å². The number of rotatable bonds is 10. The third-order valence-corrected chi connectivity index (χ3v) is 8.36. The number of hydrogen-bond acceptors (Lipinski definition) is 6. The fraction of sp³-hybridized carbons (Fsp3) is 0.156. The van der Waals surface area contributed by atoms with Gasteiger partial charge in [-0.2, -0.15) is 0 Å². The Morgan fingerprint density at radius 2 is 1.70 bits per heavy atom. The normalized spacial score (nSPS) is 11.7. The molecule has 4 aromatic carbocycles. The van der Waals surface area contributed by atoms with Crippen LogP contribution in [-0.4, -0.2) is 28.7 Å². The summed E-state index contributed by atoms with van der Waals surface area (Å²) in [6.45, 7) is 4.55. The van der Waals surface area contributed by atoms with Gasteiger partial charge in [-0.3, -0.25) is 9.59 Å². The number of aromatic nitrogens is 1. The quantitative estimate of drug-likeness (QED) is 0.167. The molecule has 2 N–H and O–H groups in total. The molecule has 0 spiro atoms. The van der Waals surface area contributed by atoms with Gasteiger partial charge in [0.15, 0.2) is 5.13 Å². The van der Waals surface area contributed by atoms with E-state index in [1.165, 1.54) is 23.1 Å². The van der Waals surface area contributed by atoms with Crippen molar-refractivity contribution in [2.75, 3.05) is 17.2 Å². The van der Waals surface area contributed by atoms with Crippen LogP contribution in [-0.2, 0) is 4.79 Å².